The van der Waals surface area contributed by atoms with E-state index in [4.69, 9.17) is 11.6 Å². The molecule has 2 amide bonds. The molecule has 28 heavy (non-hydrogen) atoms. The molecular weight excluding hydrogens is 380 g/mol. The SMILES string of the molecule is CC1(C)C(=O)Nc2ccccc2N1C(=O)Cn1cnc2ccc(Cl)cc2c1=O. The Kier molecular flexibility index (Phi) is 4.19. The third-order valence-corrected chi connectivity index (χ3v) is 5.08. The normalized spacial score (nSPS) is 15.2. The molecule has 0 aliphatic carbocycles. The van der Waals surface area contributed by atoms with Crippen LogP contribution in [-0.4, -0.2) is 26.9 Å². The van der Waals surface area contributed by atoms with Gasteiger partial charge in [-0.3, -0.25) is 23.9 Å². The Labute approximate surface area is 165 Å². The monoisotopic (exact) mass is 396 g/mol. The van der Waals surface area contributed by atoms with Crippen LogP contribution in [0, 0.1) is 0 Å². The van der Waals surface area contributed by atoms with Crippen LogP contribution in [0.3, 0.4) is 0 Å². The van der Waals surface area contributed by atoms with Crippen molar-refractivity contribution in [1.82, 2.24) is 9.55 Å². The first-order valence-electron chi connectivity index (χ1n) is 8.67. The summed E-state index contributed by atoms with van der Waals surface area (Å²) in [6.45, 7) is 3.08. The first kappa shape index (κ1) is 18.2. The average molecular weight is 397 g/mol. The summed E-state index contributed by atoms with van der Waals surface area (Å²) in [6, 6.07) is 11.9. The highest BCUT2D eigenvalue weighted by molar-refractivity contribution is 6.31. The molecular formula is C20H17ClN4O3. The number of benzene rings is 2. The van der Waals surface area contributed by atoms with E-state index in [1.54, 1.807) is 50.2 Å². The molecule has 0 bridgehead atoms. The average Bonchev–Trinajstić information content (AvgIpc) is 2.65. The van der Waals surface area contributed by atoms with E-state index in [0.29, 0.717) is 27.3 Å². The lowest BCUT2D eigenvalue weighted by molar-refractivity contribution is -0.126. The van der Waals surface area contributed by atoms with E-state index in [9.17, 15) is 14.4 Å². The van der Waals surface area contributed by atoms with Crippen LogP contribution in [0.4, 0.5) is 11.4 Å². The number of carbonyl (C=O) groups excluding carboxylic acids is 2. The van der Waals surface area contributed by atoms with Crippen molar-refractivity contribution in [2.24, 2.45) is 0 Å². The van der Waals surface area contributed by atoms with Crippen LogP contribution in [0.2, 0.25) is 5.02 Å². The minimum atomic E-state index is -1.11. The molecule has 2 heterocycles. The van der Waals surface area contributed by atoms with Crippen molar-refractivity contribution in [1.29, 1.82) is 0 Å². The van der Waals surface area contributed by atoms with Crippen LogP contribution in [0.1, 0.15) is 13.8 Å². The van der Waals surface area contributed by atoms with Gasteiger partial charge in [0.25, 0.3) is 5.56 Å². The van der Waals surface area contributed by atoms with Crippen molar-refractivity contribution in [2.45, 2.75) is 25.9 Å². The molecule has 2 aromatic carbocycles. The third kappa shape index (κ3) is 2.84. The Morgan fingerprint density at radius 2 is 1.93 bits per heavy atom. The number of amides is 2. The minimum Gasteiger partial charge on any atom is -0.322 e. The fourth-order valence-corrected chi connectivity index (χ4v) is 3.53. The molecule has 3 aromatic rings. The van der Waals surface area contributed by atoms with Gasteiger partial charge in [0.05, 0.1) is 28.6 Å². The number of hydrogen-bond acceptors (Lipinski definition) is 4. The second kappa shape index (κ2) is 6.45. The molecule has 1 aromatic heterocycles. The van der Waals surface area contributed by atoms with Gasteiger partial charge in [0.1, 0.15) is 12.1 Å². The lowest BCUT2D eigenvalue weighted by atomic mass is 9.96. The number of nitrogens with one attached hydrogen (secondary N) is 1. The zero-order chi connectivity index (χ0) is 20.1. The smallest absolute Gasteiger partial charge is 0.261 e. The molecule has 4 rings (SSSR count). The Bertz CT molecular complexity index is 1190. The van der Waals surface area contributed by atoms with Gasteiger partial charge in [-0.15, -0.1) is 0 Å². The van der Waals surface area contributed by atoms with Gasteiger partial charge in [0.2, 0.25) is 11.8 Å². The number of anilines is 2. The summed E-state index contributed by atoms with van der Waals surface area (Å²) in [5, 5.41) is 3.56. The van der Waals surface area contributed by atoms with Gasteiger partial charge in [0, 0.05) is 5.02 Å². The number of hydrogen-bond donors (Lipinski definition) is 1. The van der Waals surface area contributed by atoms with E-state index in [0.717, 1.165) is 0 Å². The van der Waals surface area contributed by atoms with Crippen LogP contribution in [-0.2, 0) is 16.1 Å². The summed E-state index contributed by atoms with van der Waals surface area (Å²) in [4.78, 5) is 44.1. The standard InChI is InChI=1S/C20H17ClN4O3/c1-20(2)19(28)23-15-5-3-4-6-16(15)25(20)17(26)10-24-11-22-14-8-7-12(21)9-13(14)18(24)27/h3-9,11H,10H2,1-2H3,(H,23,28). The van der Waals surface area contributed by atoms with Gasteiger partial charge in [0.15, 0.2) is 0 Å². The van der Waals surface area contributed by atoms with E-state index < -0.39 is 11.4 Å². The second-order valence-corrected chi connectivity index (χ2v) is 7.53. The van der Waals surface area contributed by atoms with Crippen LogP contribution in [0.15, 0.2) is 53.6 Å². The number of para-hydroxylation sites is 2. The van der Waals surface area contributed by atoms with Crippen molar-refractivity contribution in [3.63, 3.8) is 0 Å². The largest absolute Gasteiger partial charge is 0.322 e. The number of carbonyl (C=O) groups is 2. The lowest BCUT2D eigenvalue weighted by Crippen LogP contribution is -2.59. The zero-order valence-corrected chi connectivity index (χ0v) is 16.0. The van der Waals surface area contributed by atoms with Crippen LogP contribution in [0.5, 0.6) is 0 Å². The first-order chi connectivity index (χ1) is 13.3. The summed E-state index contributed by atoms with van der Waals surface area (Å²) in [7, 11) is 0. The van der Waals surface area contributed by atoms with Gasteiger partial charge < -0.3 is 5.32 Å². The number of aromatic nitrogens is 2. The molecule has 0 unspecified atom stereocenters. The van der Waals surface area contributed by atoms with Gasteiger partial charge in [-0.2, -0.15) is 0 Å². The van der Waals surface area contributed by atoms with E-state index in [-0.39, 0.29) is 18.0 Å². The molecule has 8 heteroatoms. The van der Waals surface area contributed by atoms with Crippen LogP contribution < -0.4 is 15.8 Å². The molecule has 1 aliphatic rings. The molecule has 0 fully saturated rings. The van der Waals surface area contributed by atoms with Gasteiger partial charge in [-0.05, 0) is 44.2 Å². The Balaban J connectivity index is 1.76. The molecule has 0 saturated heterocycles. The molecule has 0 radical (unpaired) electrons. The second-order valence-electron chi connectivity index (χ2n) is 7.10. The highest BCUT2D eigenvalue weighted by Gasteiger charge is 2.43. The number of rotatable bonds is 2. The number of fused-ring (bicyclic) bond motifs is 2. The van der Waals surface area contributed by atoms with Crippen LogP contribution >= 0.6 is 11.6 Å². The van der Waals surface area contributed by atoms with Gasteiger partial charge in [-0.25, -0.2) is 4.98 Å². The fraction of sp³-hybridized carbons (Fsp3) is 0.200. The van der Waals surface area contributed by atoms with Crippen molar-refractivity contribution in [2.75, 3.05) is 10.2 Å². The predicted molar refractivity (Wildman–Crippen MR) is 108 cm³/mol. The van der Waals surface area contributed by atoms with Crippen molar-refractivity contribution < 1.29 is 9.59 Å². The van der Waals surface area contributed by atoms with Gasteiger partial charge in [-0.1, -0.05) is 23.7 Å². The number of nitrogens with zero attached hydrogens (tertiary/aromatic N) is 3. The Hall–Kier alpha value is -3.19. The van der Waals surface area contributed by atoms with Crippen molar-refractivity contribution in [3.05, 3.63) is 64.2 Å². The summed E-state index contributed by atoms with van der Waals surface area (Å²) in [5.74, 6) is -0.687. The fourth-order valence-electron chi connectivity index (χ4n) is 3.36. The zero-order valence-electron chi connectivity index (χ0n) is 15.3. The summed E-state index contributed by atoms with van der Waals surface area (Å²) < 4.78 is 1.23. The highest BCUT2D eigenvalue weighted by Crippen LogP contribution is 2.36. The molecule has 142 valence electrons. The van der Waals surface area contributed by atoms with Crippen LogP contribution in [0.25, 0.3) is 10.9 Å². The first-order valence-corrected chi connectivity index (χ1v) is 9.05. The molecule has 0 spiro atoms. The summed E-state index contributed by atoms with van der Waals surface area (Å²) in [5.41, 5.74) is 0.162. The van der Waals surface area contributed by atoms with E-state index in [2.05, 4.69) is 10.3 Å². The summed E-state index contributed by atoms with van der Waals surface area (Å²) in [6.07, 6.45) is 1.33. The lowest BCUT2D eigenvalue weighted by Gasteiger charge is -2.42. The quantitative estimate of drug-likeness (QED) is 0.721. The third-order valence-electron chi connectivity index (χ3n) is 4.85. The summed E-state index contributed by atoms with van der Waals surface area (Å²) >= 11 is 5.98. The maximum atomic E-state index is 13.2. The topological polar surface area (TPSA) is 84.3 Å². The van der Waals surface area contributed by atoms with Crippen molar-refractivity contribution >= 4 is 45.7 Å². The Morgan fingerprint density at radius 3 is 2.71 bits per heavy atom. The van der Waals surface area contributed by atoms with E-state index in [1.165, 1.54) is 21.9 Å². The highest BCUT2D eigenvalue weighted by atomic mass is 35.5. The molecule has 0 saturated carbocycles. The predicted octanol–water partition coefficient (Wildman–Crippen LogP) is 2.81. The van der Waals surface area contributed by atoms with E-state index in [1.807, 2.05) is 0 Å². The maximum absolute atomic E-state index is 13.2. The van der Waals surface area contributed by atoms with Gasteiger partial charge >= 0.3 is 0 Å². The number of halogens is 1. The van der Waals surface area contributed by atoms with Crippen molar-refractivity contribution in [3.8, 4) is 0 Å². The molecule has 7 nitrogen and oxygen atoms in total. The minimum absolute atomic E-state index is 0.251. The maximum Gasteiger partial charge on any atom is 0.261 e. The molecule has 0 atom stereocenters. The van der Waals surface area contributed by atoms with E-state index >= 15 is 0 Å². The molecule has 1 aliphatic heterocycles. The molecule has 1 N–H and O–H groups in total. The Morgan fingerprint density at radius 1 is 1.18 bits per heavy atom.